The zero-order chi connectivity index (χ0) is 11.5. The number of benzene rings is 1. The fourth-order valence-corrected chi connectivity index (χ4v) is 1.67. The minimum absolute atomic E-state index is 0.172. The molecule has 1 aromatic carbocycles. The molecule has 4 nitrogen and oxygen atoms in total. The van der Waals surface area contributed by atoms with Crippen molar-refractivity contribution in [3.63, 3.8) is 0 Å². The third-order valence-electron chi connectivity index (χ3n) is 2.03. The minimum Gasteiger partial charge on any atom is -0.508 e. The minimum atomic E-state index is -3.22. The van der Waals surface area contributed by atoms with Crippen molar-refractivity contribution >= 4 is 10.0 Å². The van der Waals surface area contributed by atoms with Gasteiger partial charge in [0.2, 0.25) is 10.0 Å². The van der Waals surface area contributed by atoms with E-state index in [1.807, 2.05) is 0 Å². The Bertz CT molecular complexity index is 409. The first-order valence-electron chi connectivity index (χ1n) is 4.68. The molecule has 84 valence electrons. The summed E-state index contributed by atoms with van der Waals surface area (Å²) in [5, 5.41) is 8.60. The maximum atomic E-state index is 11.4. The number of phenols is 1. The monoisotopic (exact) mass is 229 g/mol. The molecule has 0 heterocycles. The van der Waals surface area contributed by atoms with Gasteiger partial charge in [-0.3, -0.25) is 0 Å². The second-order valence-electron chi connectivity index (χ2n) is 3.58. The van der Waals surface area contributed by atoms with Crippen LogP contribution in [0.5, 0.6) is 5.75 Å². The topological polar surface area (TPSA) is 66.4 Å². The van der Waals surface area contributed by atoms with Crippen LogP contribution in [0.3, 0.4) is 0 Å². The van der Waals surface area contributed by atoms with Crippen LogP contribution in [-0.2, 0) is 16.6 Å². The summed E-state index contributed by atoms with van der Waals surface area (Å²) < 4.78 is 25.3. The number of sulfonamides is 1. The van der Waals surface area contributed by atoms with Crippen molar-refractivity contribution in [2.24, 2.45) is 0 Å². The van der Waals surface area contributed by atoms with Crippen LogP contribution in [0.2, 0.25) is 0 Å². The van der Waals surface area contributed by atoms with Gasteiger partial charge in [0.15, 0.2) is 0 Å². The number of nitrogens with one attached hydrogen (secondary N) is 1. The molecular weight excluding hydrogens is 214 g/mol. The molecule has 0 atom stereocenters. The molecule has 0 bridgehead atoms. The maximum Gasteiger partial charge on any atom is 0.214 e. The van der Waals surface area contributed by atoms with E-state index < -0.39 is 15.3 Å². The molecule has 2 N–H and O–H groups in total. The van der Waals surface area contributed by atoms with Gasteiger partial charge in [-0.2, -0.15) is 0 Å². The third kappa shape index (κ3) is 3.53. The van der Waals surface area contributed by atoms with E-state index in [0.29, 0.717) is 0 Å². The van der Waals surface area contributed by atoms with Crippen molar-refractivity contribution in [2.75, 3.05) is 0 Å². The van der Waals surface area contributed by atoms with Gasteiger partial charge in [-0.15, -0.1) is 0 Å². The van der Waals surface area contributed by atoms with Gasteiger partial charge in [0, 0.05) is 6.54 Å². The smallest absolute Gasteiger partial charge is 0.214 e. The second kappa shape index (κ2) is 4.63. The van der Waals surface area contributed by atoms with Crippen LogP contribution in [0.25, 0.3) is 0 Å². The number of hydrogen-bond donors (Lipinski definition) is 2. The zero-order valence-corrected chi connectivity index (χ0v) is 9.58. The fourth-order valence-electron chi connectivity index (χ4n) is 0.964. The highest BCUT2D eigenvalue weighted by Crippen LogP contribution is 2.09. The summed E-state index contributed by atoms with van der Waals surface area (Å²) in [5.41, 5.74) is 0.817. The van der Waals surface area contributed by atoms with E-state index >= 15 is 0 Å². The van der Waals surface area contributed by atoms with Gasteiger partial charge in [-0.25, -0.2) is 13.1 Å². The Hall–Kier alpha value is -1.07. The van der Waals surface area contributed by atoms with Crippen molar-refractivity contribution in [3.8, 4) is 5.75 Å². The second-order valence-corrected chi connectivity index (χ2v) is 5.90. The Labute approximate surface area is 90.0 Å². The van der Waals surface area contributed by atoms with Crippen LogP contribution in [0.1, 0.15) is 19.4 Å². The first kappa shape index (κ1) is 12.0. The highest BCUT2D eigenvalue weighted by Gasteiger charge is 2.14. The summed E-state index contributed by atoms with van der Waals surface area (Å²) >= 11 is 0. The van der Waals surface area contributed by atoms with E-state index in [0.717, 1.165) is 5.56 Å². The average Bonchev–Trinajstić information content (AvgIpc) is 2.17. The standard InChI is InChI=1S/C10H15NO3S/c1-8(2)15(13,14)11-7-9-3-5-10(12)6-4-9/h3-6,8,11-12H,7H2,1-2H3. The quantitative estimate of drug-likeness (QED) is 0.815. The lowest BCUT2D eigenvalue weighted by Crippen LogP contribution is -2.30. The molecule has 0 spiro atoms. The summed E-state index contributed by atoms with van der Waals surface area (Å²) in [4.78, 5) is 0. The molecule has 0 aliphatic heterocycles. The molecule has 1 rings (SSSR count). The largest absolute Gasteiger partial charge is 0.508 e. The van der Waals surface area contributed by atoms with E-state index in [2.05, 4.69) is 4.72 Å². The van der Waals surface area contributed by atoms with Crippen molar-refractivity contribution < 1.29 is 13.5 Å². The predicted molar refractivity (Wildman–Crippen MR) is 59.0 cm³/mol. The van der Waals surface area contributed by atoms with Gasteiger partial charge in [-0.05, 0) is 31.5 Å². The molecule has 15 heavy (non-hydrogen) atoms. The van der Waals surface area contributed by atoms with Crippen molar-refractivity contribution in [3.05, 3.63) is 29.8 Å². The summed E-state index contributed by atoms with van der Waals surface area (Å²) in [7, 11) is -3.22. The molecule has 5 heteroatoms. The van der Waals surface area contributed by atoms with E-state index in [4.69, 9.17) is 5.11 Å². The number of rotatable bonds is 4. The van der Waals surface area contributed by atoms with Crippen LogP contribution in [0, 0.1) is 0 Å². The molecule has 0 saturated carbocycles. The van der Waals surface area contributed by atoms with Crippen LogP contribution in [0.15, 0.2) is 24.3 Å². The van der Waals surface area contributed by atoms with E-state index in [-0.39, 0.29) is 12.3 Å². The number of phenolic OH excluding ortho intramolecular Hbond substituents is 1. The normalized spacial score (nSPS) is 11.9. The van der Waals surface area contributed by atoms with Gasteiger partial charge in [0.25, 0.3) is 0 Å². The number of aromatic hydroxyl groups is 1. The maximum absolute atomic E-state index is 11.4. The predicted octanol–water partition coefficient (Wildman–Crippen LogP) is 1.22. The SMILES string of the molecule is CC(C)S(=O)(=O)NCc1ccc(O)cc1. The summed E-state index contributed by atoms with van der Waals surface area (Å²) in [6.07, 6.45) is 0. The molecule has 1 aromatic rings. The Kier molecular flexibility index (Phi) is 3.71. The first-order valence-corrected chi connectivity index (χ1v) is 6.23. The molecule has 0 amide bonds. The molecule has 0 aliphatic carbocycles. The van der Waals surface area contributed by atoms with Gasteiger partial charge in [-0.1, -0.05) is 12.1 Å². The van der Waals surface area contributed by atoms with Crippen LogP contribution in [-0.4, -0.2) is 18.8 Å². The lowest BCUT2D eigenvalue weighted by atomic mass is 10.2. The van der Waals surface area contributed by atoms with Crippen molar-refractivity contribution in [1.29, 1.82) is 0 Å². The van der Waals surface area contributed by atoms with Gasteiger partial charge >= 0.3 is 0 Å². The fraction of sp³-hybridized carbons (Fsp3) is 0.400. The van der Waals surface area contributed by atoms with Crippen LogP contribution in [0.4, 0.5) is 0 Å². The summed E-state index contributed by atoms with van der Waals surface area (Å²) in [6.45, 7) is 3.50. The average molecular weight is 229 g/mol. The van der Waals surface area contributed by atoms with E-state index in [1.165, 1.54) is 12.1 Å². The molecule has 0 aliphatic rings. The lowest BCUT2D eigenvalue weighted by molar-refractivity contribution is 0.475. The first-order chi connectivity index (χ1) is 6.92. The van der Waals surface area contributed by atoms with E-state index in [9.17, 15) is 8.42 Å². The van der Waals surface area contributed by atoms with Crippen molar-refractivity contribution in [1.82, 2.24) is 4.72 Å². The van der Waals surface area contributed by atoms with Crippen LogP contribution >= 0.6 is 0 Å². The molecule has 0 saturated heterocycles. The molecule has 0 unspecified atom stereocenters. The van der Waals surface area contributed by atoms with E-state index in [1.54, 1.807) is 26.0 Å². The summed E-state index contributed by atoms with van der Waals surface area (Å²) in [6, 6.07) is 6.41. The van der Waals surface area contributed by atoms with Crippen LogP contribution < -0.4 is 4.72 Å². The molecule has 0 fully saturated rings. The highest BCUT2D eigenvalue weighted by atomic mass is 32.2. The summed E-state index contributed by atoms with van der Waals surface area (Å²) in [5.74, 6) is 0.172. The van der Waals surface area contributed by atoms with Gasteiger partial charge in [0.05, 0.1) is 5.25 Å². The highest BCUT2D eigenvalue weighted by molar-refractivity contribution is 7.90. The molecular formula is C10H15NO3S. The zero-order valence-electron chi connectivity index (χ0n) is 8.77. The Morgan fingerprint density at radius 1 is 1.27 bits per heavy atom. The molecule has 0 aromatic heterocycles. The molecule has 0 radical (unpaired) electrons. The third-order valence-corrected chi connectivity index (χ3v) is 3.82. The Morgan fingerprint density at radius 2 is 1.80 bits per heavy atom. The van der Waals surface area contributed by atoms with Gasteiger partial charge < -0.3 is 5.11 Å². The number of hydrogen-bond acceptors (Lipinski definition) is 3. The Balaban J connectivity index is 2.62. The Morgan fingerprint density at radius 3 is 2.27 bits per heavy atom. The van der Waals surface area contributed by atoms with Crippen molar-refractivity contribution in [2.45, 2.75) is 25.6 Å². The van der Waals surface area contributed by atoms with Gasteiger partial charge in [0.1, 0.15) is 5.75 Å². The lowest BCUT2D eigenvalue weighted by Gasteiger charge is -2.09.